The van der Waals surface area contributed by atoms with Crippen molar-refractivity contribution < 1.29 is 4.79 Å². The average Bonchev–Trinajstić information content (AvgIpc) is 3.04. The minimum atomic E-state index is 0. The van der Waals surface area contributed by atoms with Crippen LogP contribution in [0.2, 0.25) is 0 Å². The quantitative estimate of drug-likeness (QED) is 0.348. The van der Waals surface area contributed by atoms with E-state index in [1.807, 2.05) is 43.6 Å². The number of guanidine groups is 1. The van der Waals surface area contributed by atoms with Crippen molar-refractivity contribution in [1.29, 1.82) is 0 Å². The molecule has 0 spiro atoms. The number of aryl methyl sites for hydroxylation is 1. The molecule has 1 aromatic heterocycles. The lowest BCUT2D eigenvalue weighted by Crippen LogP contribution is -2.38. The van der Waals surface area contributed by atoms with E-state index >= 15 is 0 Å². The number of halogens is 1. The molecule has 0 bridgehead atoms. The number of aromatic nitrogens is 1. The molecule has 2 N–H and O–H groups in total. The van der Waals surface area contributed by atoms with Crippen LogP contribution in [0.3, 0.4) is 0 Å². The molecule has 8 heteroatoms. The molecule has 0 fully saturated rings. The molecule has 0 aliphatic rings. The molecule has 0 unspecified atom stereocenters. The van der Waals surface area contributed by atoms with Gasteiger partial charge in [0.2, 0.25) is 0 Å². The van der Waals surface area contributed by atoms with Crippen molar-refractivity contribution in [1.82, 2.24) is 20.5 Å². The van der Waals surface area contributed by atoms with Crippen molar-refractivity contribution in [2.24, 2.45) is 4.99 Å². The first-order chi connectivity index (χ1) is 12.5. The third-order valence-electron chi connectivity index (χ3n) is 3.86. The van der Waals surface area contributed by atoms with Gasteiger partial charge >= 0.3 is 0 Å². The molecule has 2 aromatic rings. The zero-order valence-corrected chi connectivity index (χ0v) is 19.4. The zero-order chi connectivity index (χ0) is 18.9. The number of rotatable bonds is 7. The van der Waals surface area contributed by atoms with Crippen LogP contribution in [0.15, 0.2) is 34.8 Å². The number of amides is 1. The summed E-state index contributed by atoms with van der Waals surface area (Å²) in [5.74, 6) is 0.815. The molecule has 0 aliphatic carbocycles. The molecule has 2 rings (SSSR count). The fourth-order valence-corrected chi connectivity index (χ4v) is 3.11. The largest absolute Gasteiger partial charge is 0.357 e. The SMILES string of the molecule is CCNC(=NCc1scnc1C)NCCc1cccc(C(=O)N(C)C)c1.I. The van der Waals surface area contributed by atoms with E-state index in [-0.39, 0.29) is 29.9 Å². The van der Waals surface area contributed by atoms with E-state index in [0.717, 1.165) is 36.7 Å². The van der Waals surface area contributed by atoms with Crippen LogP contribution in [0.5, 0.6) is 0 Å². The summed E-state index contributed by atoms with van der Waals surface area (Å²) in [6.07, 6.45) is 0.818. The zero-order valence-electron chi connectivity index (χ0n) is 16.3. The van der Waals surface area contributed by atoms with Gasteiger partial charge in [-0.3, -0.25) is 4.79 Å². The van der Waals surface area contributed by atoms with Crippen LogP contribution >= 0.6 is 35.3 Å². The molecule has 1 heterocycles. The summed E-state index contributed by atoms with van der Waals surface area (Å²) >= 11 is 1.63. The Morgan fingerprint density at radius 1 is 1.30 bits per heavy atom. The van der Waals surface area contributed by atoms with Crippen molar-refractivity contribution >= 4 is 47.2 Å². The maximum atomic E-state index is 12.1. The predicted octanol–water partition coefficient (Wildman–Crippen LogP) is 3.07. The summed E-state index contributed by atoms with van der Waals surface area (Å²) < 4.78 is 0. The van der Waals surface area contributed by atoms with Crippen LogP contribution < -0.4 is 10.6 Å². The number of benzene rings is 1. The fraction of sp³-hybridized carbons (Fsp3) is 0.421. The third-order valence-corrected chi connectivity index (χ3v) is 4.78. The van der Waals surface area contributed by atoms with Gasteiger partial charge in [0.25, 0.3) is 5.91 Å². The molecule has 1 aromatic carbocycles. The van der Waals surface area contributed by atoms with Crippen molar-refractivity contribution in [2.45, 2.75) is 26.8 Å². The van der Waals surface area contributed by atoms with Crippen molar-refractivity contribution in [3.8, 4) is 0 Å². The second kappa shape index (κ2) is 11.9. The summed E-state index contributed by atoms with van der Waals surface area (Å²) in [5, 5.41) is 6.61. The Hall–Kier alpha value is -1.68. The number of carbonyl (C=O) groups is 1. The highest BCUT2D eigenvalue weighted by molar-refractivity contribution is 14.0. The number of thiazole rings is 1. The van der Waals surface area contributed by atoms with Gasteiger partial charge in [-0.05, 0) is 38.0 Å². The van der Waals surface area contributed by atoms with Crippen LogP contribution in [0, 0.1) is 6.92 Å². The monoisotopic (exact) mass is 501 g/mol. The maximum absolute atomic E-state index is 12.1. The Labute approximate surface area is 182 Å². The van der Waals surface area contributed by atoms with E-state index in [1.165, 1.54) is 4.88 Å². The topological polar surface area (TPSA) is 69.6 Å². The first kappa shape index (κ1) is 23.4. The van der Waals surface area contributed by atoms with Gasteiger partial charge in [0, 0.05) is 37.6 Å². The van der Waals surface area contributed by atoms with Crippen molar-refractivity contribution in [3.05, 3.63) is 51.5 Å². The van der Waals surface area contributed by atoms with Crippen LogP contribution in [0.4, 0.5) is 0 Å². The van der Waals surface area contributed by atoms with Crippen LogP contribution in [-0.2, 0) is 13.0 Å². The predicted molar refractivity (Wildman–Crippen MR) is 123 cm³/mol. The van der Waals surface area contributed by atoms with E-state index in [4.69, 9.17) is 0 Å². The number of nitrogens with zero attached hydrogens (tertiary/aromatic N) is 3. The van der Waals surface area contributed by atoms with Gasteiger partial charge in [0.05, 0.1) is 17.7 Å². The van der Waals surface area contributed by atoms with E-state index in [1.54, 1.807) is 30.3 Å². The van der Waals surface area contributed by atoms with Gasteiger partial charge in [-0.25, -0.2) is 9.98 Å². The van der Waals surface area contributed by atoms with Gasteiger partial charge < -0.3 is 15.5 Å². The average molecular weight is 501 g/mol. The maximum Gasteiger partial charge on any atom is 0.253 e. The van der Waals surface area contributed by atoms with Gasteiger partial charge in [-0.2, -0.15) is 0 Å². The lowest BCUT2D eigenvalue weighted by molar-refractivity contribution is 0.0827. The lowest BCUT2D eigenvalue weighted by Gasteiger charge is -2.13. The highest BCUT2D eigenvalue weighted by atomic mass is 127. The highest BCUT2D eigenvalue weighted by Crippen LogP contribution is 2.13. The normalized spacial score (nSPS) is 10.9. The number of nitrogens with one attached hydrogen (secondary N) is 2. The Balaban J connectivity index is 0.00000364. The molecule has 148 valence electrons. The summed E-state index contributed by atoms with van der Waals surface area (Å²) in [4.78, 5) is 23.7. The van der Waals surface area contributed by atoms with Crippen molar-refractivity contribution in [2.75, 3.05) is 27.2 Å². The molecule has 0 aliphatic heterocycles. The van der Waals surface area contributed by atoms with Gasteiger partial charge in [0.15, 0.2) is 5.96 Å². The molecular formula is C19H28IN5OS. The van der Waals surface area contributed by atoms with Crippen molar-refractivity contribution in [3.63, 3.8) is 0 Å². The summed E-state index contributed by atoms with van der Waals surface area (Å²) in [6, 6.07) is 7.77. The molecule has 6 nitrogen and oxygen atoms in total. The second-order valence-electron chi connectivity index (χ2n) is 6.13. The number of carbonyl (C=O) groups excluding carboxylic acids is 1. The van der Waals surface area contributed by atoms with Crippen LogP contribution in [0.1, 0.15) is 33.4 Å². The summed E-state index contributed by atoms with van der Waals surface area (Å²) in [6.45, 7) is 6.22. The molecule has 27 heavy (non-hydrogen) atoms. The Morgan fingerprint density at radius 2 is 2.07 bits per heavy atom. The Bertz CT molecular complexity index is 760. The first-order valence-corrected chi connectivity index (χ1v) is 9.61. The Kier molecular flexibility index (Phi) is 10.3. The second-order valence-corrected chi connectivity index (χ2v) is 7.07. The number of hydrogen-bond acceptors (Lipinski definition) is 4. The van der Waals surface area contributed by atoms with Crippen LogP contribution in [-0.4, -0.2) is 48.9 Å². The summed E-state index contributed by atoms with van der Waals surface area (Å²) in [5.41, 5.74) is 4.73. The highest BCUT2D eigenvalue weighted by Gasteiger charge is 2.08. The Morgan fingerprint density at radius 3 is 2.70 bits per heavy atom. The number of hydrogen-bond donors (Lipinski definition) is 2. The molecule has 0 radical (unpaired) electrons. The molecule has 0 saturated heterocycles. The van der Waals surface area contributed by atoms with Crippen LogP contribution in [0.25, 0.3) is 0 Å². The smallest absolute Gasteiger partial charge is 0.253 e. The van der Waals surface area contributed by atoms with Gasteiger partial charge in [-0.15, -0.1) is 35.3 Å². The lowest BCUT2D eigenvalue weighted by atomic mass is 10.1. The molecule has 0 atom stereocenters. The first-order valence-electron chi connectivity index (χ1n) is 8.73. The molecule has 0 saturated carbocycles. The van der Waals surface area contributed by atoms with E-state index in [2.05, 4.69) is 20.6 Å². The minimum absolute atomic E-state index is 0. The molecular weight excluding hydrogens is 473 g/mol. The van der Waals surface area contributed by atoms with E-state index in [0.29, 0.717) is 12.1 Å². The van der Waals surface area contributed by atoms with E-state index < -0.39 is 0 Å². The number of aliphatic imine (C=N–C) groups is 1. The van der Waals surface area contributed by atoms with Gasteiger partial charge in [0.1, 0.15) is 0 Å². The molecule has 1 amide bonds. The summed E-state index contributed by atoms with van der Waals surface area (Å²) in [7, 11) is 3.53. The van der Waals surface area contributed by atoms with Gasteiger partial charge in [-0.1, -0.05) is 12.1 Å². The minimum Gasteiger partial charge on any atom is -0.357 e. The van der Waals surface area contributed by atoms with E-state index in [9.17, 15) is 4.79 Å². The fourth-order valence-electron chi connectivity index (χ4n) is 2.41. The standard InChI is InChI=1S/C19H27N5OS.HI/c1-5-20-19(22-12-17-14(2)23-13-26-17)21-10-9-15-7-6-8-16(11-15)18(25)24(3)4;/h6-8,11,13H,5,9-10,12H2,1-4H3,(H2,20,21,22);1H. The third kappa shape index (κ3) is 7.45.